The van der Waals surface area contributed by atoms with Crippen LogP contribution in [0.15, 0.2) is 16.7 Å². The molecule has 1 atom stereocenters. The molecule has 1 N–H and O–H groups in total. The Labute approximate surface area is 113 Å². The molecule has 0 fully saturated rings. The molecule has 6 heteroatoms. The zero-order valence-corrected chi connectivity index (χ0v) is 11.9. The number of rotatable bonds is 5. The lowest BCUT2D eigenvalue weighted by Crippen LogP contribution is -2.19. The largest absolute Gasteiger partial charge is 0.419 e. The van der Waals surface area contributed by atoms with E-state index in [1.807, 2.05) is 13.8 Å². The second-order valence-electron chi connectivity index (χ2n) is 4.24. The van der Waals surface area contributed by atoms with Gasteiger partial charge in [0.05, 0.1) is 5.56 Å². The first kappa shape index (κ1) is 15.3. The summed E-state index contributed by atoms with van der Waals surface area (Å²) in [5.74, 6) is -0.102. The molecule has 0 aliphatic carbocycles. The van der Waals surface area contributed by atoms with Crippen molar-refractivity contribution in [1.29, 1.82) is 0 Å². The predicted molar refractivity (Wildman–Crippen MR) is 69.5 cm³/mol. The lowest BCUT2D eigenvalue weighted by atomic mass is 10.1. The number of pyridine rings is 1. The molecular formula is C12H16BrF3N2. The molecule has 1 unspecified atom stereocenters. The molecule has 102 valence electrons. The summed E-state index contributed by atoms with van der Waals surface area (Å²) in [6, 6.07) is 1.02. The molecular weight excluding hydrogens is 309 g/mol. The highest BCUT2D eigenvalue weighted by atomic mass is 79.9. The number of hydrogen-bond donors (Lipinski definition) is 1. The van der Waals surface area contributed by atoms with Crippen molar-refractivity contribution < 1.29 is 13.2 Å². The van der Waals surface area contributed by atoms with Crippen LogP contribution in [0, 0.1) is 0 Å². The van der Waals surface area contributed by atoms with Crippen molar-refractivity contribution in [3.63, 3.8) is 0 Å². The third kappa shape index (κ3) is 4.48. The highest BCUT2D eigenvalue weighted by molar-refractivity contribution is 9.10. The van der Waals surface area contributed by atoms with Crippen LogP contribution < -0.4 is 5.32 Å². The van der Waals surface area contributed by atoms with Crippen LogP contribution in [-0.4, -0.2) is 11.0 Å². The Kier molecular flexibility index (Phi) is 5.44. The van der Waals surface area contributed by atoms with E-state index in [9.17, 15) is 13.2 Å². The minimum atomic E-state index is -4.40. The van der Waals surface area contributed by atoms with Gasteiger partial charge in [0.25, 0.3) is 0 Å². The molecule has 1 heterocycles. The van der Waals surface area contributed by atoms with Gasteiger partial charge in [0, 0.05) is 16.7 Å². The van der Waals surface area contributed by atoms with Gasteiger partial charge >= 0.3 is 6.18 Å². The summed E-state index contributed by atoms with van der Waals surface area (Å²) in [6.45, 7) is 3.91. The minimum Gasteiger partial charge on any atom is -0.367 e. The molecule has 18 heavy (non-hydrogen) atoms. The molecule has 0 saturated heterocycles. The first-order chi connectivity index (χ1) is 8.34. The maximum Gasteiger partial charge on any atom is 0.419 e. The van der Waals surface area contributed by atoms with Crippen molar-refractivity contribution >= 4 is 21.7 Å². The first-order valence-corrected chi connectivity index (χ1v) is 6.63. The van der Waals surface area contributed by atoms with Gasteiger partial charge in [0.15, 0.2) is 0 Å². The summed E-state index contributed by atoms with van der Waals surface area (Å²) in [6.07, 6.45) is -0.211. The Balaban J connectivity index is 2.88. The summed E-state index contributed by atoms with van der Waals surface area (Å²) in [5.41, 5.74) is -0.736. The molecule has 0 spiro atoms. The fourth-order valence-electron chi connectivity index (χ4n) is 1.59. The van der Waals surface area contributed by atoms with Gasteiger partial charge in [-0.1, -0.05) is 19.8 Å². The maximum absolute atomic E-state index is 12.8. The van der Waals surface area contributed by atoms with Crippen LogP contribution in [-0.2, 0) is 6.18 Å². The van der Waals surface area contributed by atoms with Crippen LogP contribution in [0.5, 0.6) is 0 Å². The number of halogens is 4. The standard InChI is InChI=1S/C12H16BrF3N2/c1-3-4-5-8(2)18-11-10(12(14,15)16)6-9(13)7-17-11/h6-8H,3-5H2,1-2H3,(H,17,18). The number of alkyl halides is 3. The van der Waals surface area contributed by atoms with E-state index in [1.54, 1.807) is 0 Å². The molecule has 2 nitrogen and oxygen atoms in total. The normalized spacial score (nSPS) is 13.4. The van der Waals surface area contributed by atoms with Crippen LogP contribution in [0.25, 0.3) is 0 Å². The summed E-state index contributed by atoms with van der Waals surface area (Å²) in [5, 5.41) is 2.83. The molecule has 0 aliphatic heterocycles. The van der Waals surface area contributed by atoms with E-state index in [2.05, 4.69) is 26.2 Å². The van der Waals surface area contributed by atoms with Crippen molar-refractivity contribution in [1.82, 2.24) is 4.98 Å². The van der Waals surface area contributed by atoms with Crippen molar-refractivity contribution in [2.24, 2.45) is 0 Å². The highest BCUT2D eigenvalue weighted by Gasteiger charge is 2.34. The van der Waals surface area contributed by atoms with Crippen molar-refractivity contribution in [2.45, 2.75) is 45.3 Å². The molecule has 0 radical (unpaired) electrons. The second kappa shape index (κ2) is 6.41. The lowest BCUT2D eigenvalue weighted by Gasteiger charge is -2.18. The molecule has 0 bridgehead atoms. The van der Waals surface area contributed by atoms with Gasteiger partial charge in [-0.2, -0.15) is 13.2 Å². The zero-order valence-electron chi connectivity index (χ0n) is 10.3. The smallest absolute Gasteiger partial charge is 0.367 e. The van der Waals surface area contributed by atoms with E-state index in [1.165, 1.54) is 6.20 Å². The van der Waals surface area contributed by atoms with Crippen molar-refractivity contribution in [2.75, 3.05) is 5.32 Å². The van der Waals surface area contributed by atoms with E-state index in [-0.39, 0.29) is 11.9 Å². The number of nitrogens with one attached hydrogen (secondary N) is 1. The van der Waals surface area contributed by atoms with E-state index in [0.717, 1.165) is 25.3 Å². The first-order valence-electron chi connectivity index (χ1n) is 5.84. The highest BCUT2D eigenvalue weighted by Crippen LogP contribution is 2.35. The Morgan fingerprint density at radius 2 is 2.11 bits per heavy atom. The number of hydrogen-bond acceptors (Lipinski definition) is 2. The minimum absolute atomic E-state index is 0.0280. The van der Waals surface area contributed by atoms with Gasteiger partial charge in [-0.15, -0.1) is 0 Å². The van der Waals surface area contributed by atoms with E-state index < -0.39 is 11.7 Å². The monoisotopic (exact) mass is 324 g/mol. The van der Waals surface area contributed by atoms with Gasteiger partial charge in [-0.25, -0.2) is 4.98 Å². The maximum atomic E-state index is 12.8. The van der Waals surface area contributed by atoms with Crippen LogP contribution in [0.3, 0.4) is 0 Å². The van der Waals surface area contributed by atoms with E-state index in [0.29, 0.717) is 4.47 Å². The molecule has 0 aromatic carbocycles. The van der Waals surface area contributed by atoms with Crippen LogP contribution >= 0.6 is 15.9 Å². The SMILES string of the molecule is CCCCC(C)Nc1ncc(Br)cc1C(F)(F)F. The third-order valence-corrected chi connectivity index (χ3v) is 2.97. The van der Waals surface area contributed by atoms with Crippen molar-refractivity contribution in [3.05, 3.63) is 22.3 Å². The number of anilines is 1. The van der Waals surface area contributed by atoms with E-state index >= 15 is 0 Å². The molecule has 0 aliphatic rings. The number of unbranched alkanes of at least 4 members (excludes halogenated alkanes) is 1. The zero-order chi connectivity index (χ0) is 13.8. The summed E-state index contributed by atoms with van der Waals surface area (Å²) < 4.78 is 38.8. The lowest BCUT2D eigenvalue weighted by molar-refractivity contribution is -0.137. The van der Waals surface area contributed by atoms with Gasteiger partial charge in [-0.3, -0.25) is 0 Å². The third-order valence-electron chi connectivity index (χ3n) is 2.53. The van der Waals surface area contributed by atoms with Gasteiger partial charge in [0.2, 0.25) is 0 Å². The average Bonchev–Trinajstić information content (AvgIpc) is 2.27. The summed E-state index contributed by atoms with van der Waals surface area (Å²) in [4.78, 5) is 3.81. The fourth-order valence-corrected chi connectivity index (χ4v) is 1.92. The Bertz CT molecular complexity index is 393. The molecule has 0 saturated carbocycles. The van der Waals surface area contributed by atoms with Crippen molar-refractivity contribution in [3.8, 4) is 0 Å². The Hall–Kier alpha value is -0.780. The average molecular weight is 325 g/mol. The van der Waals surface area contributed by atoms with Crippen LogP contribution in [0.4, 0.5) is 19.0 Å². The number of nitrogens with zero attached hydrogens (tertiary/aromatic N) is 1. The topological polar surface area (TPSA) is 24.9 Å². The molecule has 1 aromatic rings. The fraction of sp³-hybridized carbons (Fsp3) is 0.583. The van der Waals surface area contributed by atoms with Gasteiger partial charge in [0.1, 0.15) is 5.82 Å². The molecule has 0 amide bonds. The van der Waals surface area contributed by atoms with E-state index in [4.69, 9.17) is 0 Å². The van der Waals surface area contributed by atoms with Crippen LogP contribution in [0.1, 0.15) is 38.7 Å². The Morgan fingerprint density at radius 3 is 2.67 bits per heavy atom. The molecule has 1 rings (SSSR count). The summed E-state index contributed by atoms with van der Waals surface area (Å²) in [7, 11) is 0. The van der Waals surface area contributed by atoms with Crippen LogP contribution in [0.2, 0.25) is 0 Å². The predicted octanol–water partition coefficient (Wildman–Crippen LogP) is 4.85. The summed E-state index contributed by atoms with van der Waals surface area (Å²) >= 11 is 3.01. The molecule has 1 aromatic heterocycles. The Morgan fingerprint density at radius 1 is 1.44 bits per heavy atom. The van der Waals surface area contributed by atoms with Gasteiger partial charge in [-0.05, 0) is 35.3 Å². The van der Waals surface area contributed by atoms with Gasteiger partial charge < -0.3 is 5.32 Å². The number of aromatic nitrogens is 1. The quantitative estimate of drug-likeness (QED) is 0.837. The second-order valence-corrected chi connectivity index (χ2v) is 5.15.